The Labute approximate surface area is 152 Å². The molecule has 0 saturated carbocycles. The van der Waals surface area contributed by atoms with Gasteiger partial charge in [0, 0.05) is 43.9 Å². The Morgan fingerprint density at radius 3 is 2.77 bits per heavy atom. The van der Waals surface area contributed by atoms with Gasteiger partial charge in [-0.1, -0.05) is 25.1 Å². The van der Waals surface area contributed by atoms with Crippen LogP contribution >= 0.6 is 0 Å². The van der Waals surface area contributed by atoms with Gasteiger partial charge in [0.15, 0.2) is 0 Å². The Hall–Kier alpha value is -2.21. The van der Waals surface area contributed by atoms with E-state index in [0.29, 0.717) is 31.0 Å². The van der Waals surface area contributed by atoms with E-state index in [4.69, 9.17) is 4.98 Å². The van der Waals surface area contributed by atoms with Gasteiger partial charge in [0.05, 0.1) is 5.69 Å². The van der Waals surface area contributed by atoms with E-state index in [2.05, 4.69) is 21.7 Å². The summed E-state index contributed by atoms with van der Waals surface area (Å²) in [5.41, 5.74) is 2.29. The molecule has 2 aliphatic rings. The summed E-state index contributed by atoms with van der Waals surface area (Å²) in [6.07, 6.45) is 2.91. The quantitative estimate of drug-likeness (QED) is 0.919. The monoisotopic (exact) mass is 356 g/mol. The Morgan fingerprint density at radius 2 is 2.00 bits per heavy atom. The van der Waals surface area contributed by atoms with Crippen molar-refractivity contribution in [2.24, 2.45) is 5.92 Å². The molecule has 2 aromatic rings. The smallest absolute Gasteiger partial charge is 0.255 e. The van der Waals surface area contributed by atoms with Crippen LogP contribution in [0.25, 0.3) is 0 Å². The zero-order valence-corrected chi connectivity index (χ0v) is 15.2. The first-order valence-corrected chi connectivity index (χ1v) is 9.43. The van der Waals surface area contributed by atoms with Crippen molar-refractivity contribution < 1.29 is 4.39 Å². The number of piperidine rings is 1. The number of H-pyrrole nitrogens is 1. The molecule has 1 fully saturated rings. The molecule has 1 saturated heterocycles. The van der Waals surface area contributed by atoms with Crippen LogP contribution in [0, 0.1) is 11.7 Å². The standard InChI is InChI=1S/C20H25FN4O/c1-14-6-10-25(11-7-14)20-22-18-13-24(9-8-16(18)19(26)23-20)12-15-4-2-3-5-17(15)21/h2-5,14H,6-13H2,1H3,(H,22,23,26). The molecule has 5 nitrogen and oxygen atoms in total. The van der Waals surface area contributed by atoms with Gasteiger partial charge in [-0.15, -0.1) is 0 Å². The third-order valence-electron chi connectivity index (χ3n) is 5.57. The zero-order chi connectivity index (χ0) is 18.1. The van der Waals surface area contributed by atoms with Crippen molar-refractivity contribution in [1.29, 1.82) is 0 Å². The Balaban J connectivity index is 1.54. The maximum atomic E-state index is 13.9. The molecule has 0 atom stereocenters. The molecule has 1 N–H and O–H groups in total. The van der Waals surface area contributed by atoms with Crippen LogP contribution in [-0.2, 0) is 19.5 Å². The van der Waals surface area contributed by atoms with E-state index >= 15 is 0 Å². The van der Waals surface area contributed by atoms with Gasteiger partial charge in [0.25, 0.3) is 5.56 Å². The molecular formula is C20H25FN4O. The first-order chi connectivity index (χ1) is 12.6. The molecule has 0 unspecified atom stereocenters. The molecule has 3 heterocycles. The summed E-state index contributed by atoms with van der Waals surface area (Å²) in [5, 5.41) is 0. The highest BCUT2D eigenvalue weighted by Crippen LogP contribution is 2.22. The highest BCUT2D eigenvalue weighted by atomic mass is 19.1. The fourth-order valence-electron chi connectivity index (χ4n) is 3.85. The normalized spacial score (nSPS) is 18.8. The van der Waals surface area contributed by atoms with Crippen LogP contribution in [0.2, 0.25) is 0 Å². The molecule has 138 valence electrons. The zero-order valence-electron chi connectivity index (χ0n) is 15.2. The Bertz CT molecular complexity index is 842. The number of fused-ring (bicyclic) bond motifs is 1. The fourth-order valence-corrected chi connectivity index (χ4v) is 3.85. The van der Waals surface area contributed by atoms with Crippen LogP contribution in [0.15, 0.2) is 29.1 Å². The topological polar surface area (TPSA) is 52.2 Å². The molecule has 26 heavy (non-hydrogen) atoms. The highest BCUT2D eigenvalue weighted by molar-refractivity contribution is 5.35. The lowest BCUT2D eigenvalue weighted by Gasteiger charge is -2.32. The van der Waals surface area contributed by atoms with E-state index in [-0.39, 0.29) is 11.4 Å². The summed E-state index contributed by atoms with van der Waals surface area (Å²) in [6.45, 7) is 6.00. The maximum Gasteiger partial charge on any atom is 0.255 e. The van der Waals surface area contributed by atoms with Crippen LogP contribution in [-0.4, -0.2) is 34.5 Å². The number of hydrogen-bond acceptors (Lipinski definition) is 4. The second-order valence-corrected chi connectivity index (χ2v) is 7.54. The summed E-state index contributed by atoms with van der Waals surface area (Å²) in [4.78, 5) is 24.6. The van der Waals surface area contributed by atoms with E-state index in [0.717, 1.165) is 49.7 Å². The van der Waals surface area contributed by atoms with E-state index in [1.807, 2.05) is 12.1 Å². The van der Waals surface area contributed by atoms with Crippen LogP contribution in [0.3, 0.4) is 0 Å². The summed E-state index contributed by atoms with van der Waals surface area (Å²) in [6, 6.07) is 6.87. The third-order valence-corrected chi connectivity index (χ3v) is 5.57. The number of hydrogen-bond donors (Lipinski definition) is 1. The molecular weight excluding hydrogens is 331 g/mol. The second-order valence-electron chi connectivity index (χ2n) is 7.54. The van der Waals surface area contributed by atoms with Crippen LogP contribution < -0.4 is 10.5 Å². The third kappa shape index (κ3) is 3.51. The number of halogens is 1. The van der Waals surface area contributed by atoms with Crippen molar-refractivity contribution >= 4 is 5.95 Å². The summed E-state index contributed by atoms with van der Waals surface area (Å²) < 4.78 is 13.9. The molecule has 4 rings (SSSR count). The van der Waals surface area contributed by atoms with Gasteiger partial charge >= 0.3 is 0 Å². The second kappa shape index (κ2) is 7.19. The number of benzene rings is 1. The molecule has 1 aromatic carbocycles. The molecule has 1 aromatic heterocycles. The van der Waals surface area contributed by atoms with Crippen molar-refractivity contribution in [3.63, 3.8) is 0 Å². The van der Waals surface area contributed by atoms with Crippen LogP contribution in [0.1, 0.15) is 36.6 Å². The van der Waals surface area contributed by atoms with E-state index in [1.165, 1.54) is 6.07 Å². The summed E-state index contributed by atoms with van der Waals surface area (Å²) in [5.74, 6) is 1.24. The molecule has 0 amide bonds. The molecule has 6 heteroatoms. The van der Waals surface area contributed by atoms with Crippen molar-refractivity contribution in [1.82, 2.24) is 14.9 Å². The highest BCUT2D eigenvalue weighted by Gasteiger charge is 2.24. The molecule has 2 aliphatic heterocycles. The number of rotatable bonds is 3. The minimum absolute atomic E-state index is 0.0193. The molecule has 0 bridgehead atoms. The predicted molar refractivity (Wildman–Crippen MR) is 99.7 cm³/mol. The summed E-state index contributed by atoms with van der Waals surface area (Å²) in [7, 11) is 0. The van der Waals surface area contributed by atoms with Crippen LogP contribution in [0.4, 0.5) is 10.3 Å². The van der Waals surface area contributed by atoms with Gasteiger partial charge in [-0.3, -0.25) is 14.7 Å². The average Bonchev–Trinajstić information content (AvgIpc) is 2.64. The van der Waals surface area contributed by atoms with E-state index < -0.39 is 0 Å². The fraction of sp³-hybridized carbons (Fsp3) is 0.500. The first-order valence-electron chi connectivity index (χ1n) is 9.43. The lowest BCUT2D eigenvalue weighted by atomic mass is 9.99. The number of anilines is 1. The van der Waals surface area contributed by atoms with Crippen molar-refractivity contribution in [2.75, 3.05) is 24.5 Å². The number of nitrogens with one attached hydrogen (secondary N) is 1. The Morgan fingerprint density at radius 1 is 1.23 bits per heavy atom. The Kier molecular flexibility index (Phi) is 4.76. The van der Waals surface area contributed by atoms with Crippen LogP contribution in [0.5, 0.6) is 0 Å². The average molecular weight is 356 g/mol. The number of nitrogens with zero attached hydrogens (tertiary/aromatic N) is 3. The maximum absolute atomic E-state index is 13.9. The molecule has 0 spiro atoms. The summed E-state index contributed by atoms with van der Waals surface area (Å²) >= 11 is 0. The number of aromatic nitrogens is 2. The molecule has 0 radical (unpaired) electrons. The minimum atomic E-state index is -0.180. The minimum Gasteiger partial charge on any atom is -0.342 e. The largest absolute Gasteiger partial charge is 0.342 e. The van der Waals surface area contributed by atoms with Gasteiger partial charge in [-0.05, 0) is 31.2 Å². The first kappa shape index (κ1) is 17.2. The van der Waals surface area contributed by atoms with Gasteiger partial charge < -0.3 is 4.90 Å². The number of aromatic amines is 1. The SMILES string of the molecule is CC1CCN(c2nc3c(c(=O)[nH]2)CCN(Cc2ccccc2F)C3)CC1. The van der Waals surface area contributed by atoms with Crippen molar-refractivity contribution in [2.45, 2.75) is 39.3 Å². The molecule has 0 aliphatic carbocycles. The van der Waals surface area contributed by atoms with Crippen molar-refractivity contribution in [3.8, 4) is 0 Å². The lowest BCUT2D eigenvalue weighted by Crippen LogP contribution is -2.39. The predicted octanol–water partition coefficient (Wildman–Crippen LogP) is 2.70. The van der Waals surface area contributed by atoms with E-state index in [1.54, 1.807) is 6.07 Å². The van der Waals surface area contributed by atoms with Gasteiger partial charge in [0.2, 0.25) is 5.95 Å². The van der Waals surface area contributed by atoms with Gasteiger partial charge in [0.1, 0.15) is 5.82 Å². The van der Waals surface area contributed by atoms with Crippen molar-refractivity contribution in [3.05, 3.63) is 57.3 Å². The van der Waals surface area contributed by atoms with E-state index in [9.17, 15) is 9.18 Å². The van der Waals surface area contributed by atoms with Gasteiger partial charge in [-0.25, -0.2) is 9.37 Å². The van der Waals surface area contributed by atoms with Gasteiger partial charge in [-0.2, -0.15) is 0 Å². The lowest BCUT2D eigenvalue weighted by molar-refractivity contribution is 0.237.